The van der Waals surface area contributed by atoms with Crippen LogP contribution in [-0.4, -0.2) is 77.4 Å². The maximum atomic E-state index is 13.3. The van der Waals surface area contributed by atoms with Gasteiger partial charge in [0.25, 0.3) is 11.1 Å². The highest BCUT2D eigenvalue weighted by Gasteiger charge is 2.30. The monoisotopic (exact) mass is 950 g/mol. The first kappa shape index (κ1) is 50.8. The number of halogens is 2. The lowest BCUT2D eigenvalue weighted by molar-refractivity contribution is 0.277. The molecule has 0 aliphatic heterocycles. The van der Waals surface area contributed by atoms with Crippen molar-refractivity contribution in [3.05, 3.63) is 111 Å². The lowest BCUT2D eigenvalue weighted by atomic mass is 10.2. The van der Waals surface area contributed by atoms with E-state index in [2.05, 4.69) is 9.97 Å². The fraction of sp³-hybridized carbons (Fsp3) is 0.476. The van der Waals surface area contributed by atoms with E-state index in [1.54, 1.807) is 76.2 Å². The minimum absolute atomic E-state index is 0. The second kappa shape index (κ2) is 20.8. The maximum Gasteiger partial charge on any atom is 0.332 e. The summed E-state index contributed by atoms with van der Waals surface area (Å²) in [6.45, 7) is 9.39. The molecule has 0 atom stereocenters. The number of aryl methyl sites for hydroxylation is 2. The smallest absolute Gasteiger partial charge is 0.332 e. The minimum atomic E-state index is -3.83. The number of benzene rings is 2. The van der Waals surface area contributed by atoms with E-state index in [0.29, 0.717) is 16.5 Å². The standard InChI is InChI=1S/C21H27ClN4O4S.C20H25ClN4O5S.CH4/c1-5-6-11-25-19(27)17-18(24(4)21(25)28)23-20(31(29,30)13-14(2)3)26(17)12-15-7-9-16(22)10-8-15;1-13(2)12-31(29,30)19-22-17-16(25(19)11-14-5-7-15(21)8-6-14)18(27)24(9-4-10-26)20(28)23(17)3;/h7-10,14H,5-6,11-13H2,1-4H3;5-8,13,26H,4,9-12H2,1-3H3;1H4. The molecule has 0 saturated heterocycles. The number of rotatable bonds is 16. The number of sulfone groups is 2. The van der Waals surface area contributed by atoms with Gasteiger partial charge >= 0.3 is 11.4 Å². The summed E-state index contributed by atoms with van der Waals surface area (Å²) < 4.78 is 59.8. The van der Waals surface area contributed by atoms with Gasteiger partial charge in [-0.1, -0.05) is 95.9 Å². The van der Waals surface area contributed by atoms with Crippen LogP contribution in [0.15, 0.2) is 78.0 Å². The van der Waals surface area contributed by atoms with Gasteiger partial charge < -0.3 is 14.2 Å². The fourth-order valence-electron chi connectivity index (χ4n) is 6.98. The van der Waals surface area contributed by atoms with Crippen molar-refractivity contribution in [1.82, 2.24) is 37.4 Å². The number of nitrogens with zero attached hydrogens (tertiary/aromatic N) is 8. The lowest BCUT2D eigenvalue weighted by Crippen LogP contribution is -2.40. The van der Waals surface area contributed by atoms with Crippen molar-refractivity contribution < 1.29 is 21.9 Å². The molecular formula is C42H56Cl2N8O9S2. The number of aliphatic hydroxyl groups excluding tert-OH is 1. The van der Waals surface area contributed by atoms with Crippen molar-refractivity contribution >= 4 is 65.2 Å². The zero-order valence-electron chi connectivity index (χ0n) is 35.7. The Labute approximate surface area is 376 Å². The van der Waals surface area contributed by atoms with E-state index in [-0.39, 0.29) is 103 Å². The summed E-state index contributed by atoms with van der Waals surface area (Å²) in [5.74, 6) is -0.545. The summed E-state index contributed by atoms with van der Waals surface area (Å²) in [6, 6.07) is 13.8. The first-order chi connectivity index (χ1) is 29.1. The summed E-state index contributed by atoms with van der Waals surface area (Å²) >= 11 is 11.9. The number of aromatic nitrogens is 8. The molecule has 4 heterocycles. The van der Waals surface area contributed by atoms with Crippen LogP contribution in [0.4, 0.5) is 0 Å². The second-order valence-corrected chi connectivity index (χ2v) is 20.7. The summed E-state index contributed by atoms with van der Waals surface area (Å²) in [5, 5.41) is 9.75. The highest BCUT2D eigenvalue weighted by Crippen LogP contribution is 2.23. The van der Waals surface area contributed by atoms with E-state index in [0.717, 1.165) is 26.7 Å². The van der Waals surface area contributed by atoms with Gasteiger partial charge in [0.1, 0.15) is 0 Å². The van der Waals surface area contributed by atoms with Crippen LogP contribution in [0.1, 0.15) is 72.4 Å². The molecule has 63 heavy (non-hydrogen) atoms. The molecule has 0 amide bonds. The molecule has 344 valence electrons. The zero-order valence-corrected chi connectivity index (χ0v) is 38.9. The predicted molar refractivity (Wildman–Crippen MR) is 247 cm³/mol. The Hall–Kier alpha value is -4.82. The molecule has 0 spiro atoms. The van der Waals surface area contributed by atoms with Gasteiger partial charge in [-0.25, -0.2) is 26.4 Å². The van der Waals surface area contributed by atoms with Crippen LogP contribution in [-0.2, 0) is 59.9 Å². The molecule has 0 radical (unpaired) electrons. The van der Waals surface area contributed by atoms with Gasteiger partial charge in [0.15, 0.2) is 22.3 Å². The number of hydrogen-bond donors (Lipinski definition) is 1. The Kier molecular flexibility index (Phi) is 16.8. The summed E-state index contributed by atoms with van der Waals surface area (Å²) in [5.41, 5.74) is -0.598. The Morgan fingerprint density at radius 3 is 1.27 bits per heavy atom. The summed E-state index contributed by atoms with van der Waals surface area (Å²) in [7, 11) is -4.68. The van der Waals surface area contributed by atoms with E-state index < -0.39 is 42.2 Å². The number of imidazole rings is 2. The van der Waals surface area contributed by atoms with Gasteiger partial charge in [-0.3, -0.25) is 27.9 Å². The van der Waals surface area contributed by atoms with E-state index in [1.807, 2.05) is 6.92 Å². The van der Waals surface area contributed by atoms with Crippen LogP contribution in [0.2, 0.25) is 10.0 Å². The topological polar surface area (TPSA) is 212 Å². The molecule has 17 nitrogen and oxygen atoms in total. The average Bonchev–Trinajstić information content (AvgIpc) is 3.78. The van der Waals surface area contributed by atoms with Gasteiger partial charge in [-0.05, 0) is 60.1 Å². The third-order valence-electron chi connectivity index (χ3n) is 9.84. The first-order valence-corrected chi connectivity index (χ1v) is 24.1. The molecule has 0 saturated carbocycles. The normalized spacial score (nSPS) is 12.0. The molecule has 6 aromatic rings. The highest BCUT2D eigenvalue weighted by molar-refractivity contribution is 7.91. The highest BCUT2D eigenvalue weighted by atomic mass is 35.5. The molecule has 1 N–H and O–H groups in total. The molecule has 21 heteroatoms. The van der Waals surface area contributed by atoms with Crippen molar-refractivity contribution in [1.29, 1.82) is 0 Å². The predicted octanol–water partition coefficient (Wildman–Crippen LogP) is 4.87. The Balaban J connectivity index is 0.000000272. The molecule has 0 unspecified atom stereocenters. The minimum Gasteiger partial charge on any atom is -0.396 e. The second-order valence-electron chi connectivity index (χ2n) is 15.9. The number of unbranched alkanes of at least 4 members (excludes halogenated alkanes) is 1. The Morgan fingerprint density at radius 2 is 0.952 bits per heavy atom. The van der Waals surface area contributed by atoms with Gasteiger partial charge in [0, 0.05) is 43.8 Å². The van der Waals surface area contributed by atoms with Crippen LogP contribution < -0.4 is 22.5 Å². The van der Waals surface area contributed by atoms with Crippen molar-refractivity contribution in [2.45, 2.75) is 97.8 Å². The first-order valence-electron chi connectivity index (χ1n) is 20.1. The average molecular weight is 952 g/mol. The Morgan fingerprint density at radius 1 is 0.603 bits per heavy atom. The molecule has 4 aromatic heterocycles. The van der Waals surface area contributed by atoms with Crippen LogP contribution >= 0.6 is 23.2 Å². The number of fused-ring (bicyclic) bond motifs is 2. The van der Waals surface area contributed by atoms with Gasteiger partial charge in [0.2, 0.25) is 30.0 Å². The molecule has 2 aromatic carbocycles. The van der Waals surface area contributed by atoms with E-state index in [9.17, 15) is 36.0 Å². The molecule has 6 rings (SSSR count). The van der Waals surface area contributed by atoms with Gasteiger partial charge in [-0.15, -0.1) is 0 Å². The van der Waals surface area contributed by atoms with Crippen molar-refractivity contribution in [2.75, 3.05) is 18.1 Å². The van der Waals surface area contributed by atoms with Crippen molar-refractivity contribution in [3.63, 3.8) is 0 Å². The fourth-order valence-corrected chi connectivity index (χ4v) is 10.7. The third-order valence-corrected chi connectivity index (χ3v) is 14.3. The van der Waals surface area contributed by atoms with Crippen molar-refractivity contribution in [3.8, 4) is 0 Å². The van der Waals surface area contributed by atoms with E-state index in [1.165, 1.54) is 32.4 Å². The molecule has 0 bridgehead atoms. The summed E-state index contributed by atoms with van der Waals surface area (Å²) in [4.78, 5) is 60.5. The molecule has 0 aliphatic rings. The zero-order chi connectivity index (χ0) is 45.8. The van der Waals surface area contributed by atoms with Crippen LogP contribution in [0, 0.1) is 11.8 Å². The SMILES string of the molecule is C.CC(C)CS(=O)(=O)c1nc2c(c(=O)n(CCCO)c(=O)n2C)n1Cc1ccc(Cl)cc1.CCCCn1c(=O)c2c(nc(S(=O)(=O)CC(C)C)n2Cc2ccc(Cl)cc2)n(C)c1=O. The van der Waals surface area contributed by atoms with Crippen molar-refractivity contribution in [2.24, 2.45) is 25.9 Å². The molecule has 0 aliphatic carbocycles. The largest absolute Gasteiger partial charge is 0.396 e. The molecular weight excluding hydrogens is 896 g/mol. The van der Waals surface area contributed by atoms with E-state index in [4.69, 9.17) is 28.3 Å². The maximum absolute atomic E-state index is 13.3. The van der Waals surface area contributed by atoms with Gasteiger partial charge in [0.05, 0.1) is 24.6 Å². The lowest BCUT2D eigenvalue weighted by Gasteiger charge is -2.12. The Bertz CT molecular complexity index is 2850. The van der Waals surface area contributed by atoms with Crippen LogP contribution in [0.3, 0.4) is 0 Å². The molecule has 0 fully saturated rings. The van der Waals surface area contributed by atoms with Gasteiger partial charge in [-0.2, -0.15) is 9.97 Å². The van der Waals surface area contributed by atoms with E-state index >= 15 is 0 Å². The number of aliphatic hydroxyl groups is 1. The third kappa shape index (κ3) is 11.1. The summed E-state index contributed by atoms with van der Waals surface area (Å²) in [6.07, 6.45) is 1.68. The quantitative estimate of drug-likeness (QED) is 0.138. The van der Waals surface area contributed by atoms with Crippen LogP contribution in [0.25, 0.3) is 22.3 Å². The number of hydrogen-bond acceptors (Lipinski definition) is 11. The van der Waals surface area contributed by atoms with Crippen LogP contribution in [0.5, 0.6) is 0 Å².